The predicted molar refractivity (Wildman–Crippen MR) is 86.8 cm³/mol. The van der Waals surface area contributed by atoms with Crippen LogP contribution in [0.15, 0.2) is 12.2 Å². The topological polar surface area (TPSA) is 35.5 Å². The molecule has 0 aromatic rings. The van der Waals surface area contributed by atoms with Crippen LogP contribution < -0.4 is 0 Å². The first-order chi connectivity index (χ1) is 9.15. The molecule has 0 amide bonds. The molecular weight excluding hydrogens is 298 g/mol. The Bertz CT molecular complexity index is 372. The van der Waals surface area contributed by atoms with Gasteiger partial charge in [0.15, 0.2) is 0 Å². The van der Waals surface area contributed by atoms with Crippen LogP contribution in [0.5, 0.6) is 0 Å². The molecule has 0 radical (unpaired) electrons. The molecule has 0 spiro atoms. The molecule has 0 saturated carbocycles. The van der Waals surface area contributed by atoms with Crippen LogP contribution in [0.3, 0.4) is 0 Å². The summed E-state index contributed by atoms with van der Waals surface area (Å²) in [5, 5.41) is 0.206. The van der Waals surface area contributed by atoms with Crippen molar-refractivity contribution in [3.05, 3.63) is 12.2 Å². The van der Waals surface area contributed by atoms with Crippen molar-refractivity contribution in [3.63, 3.8) is 0 Å². The second-order valence-electron chi connectivity index (χ2n) is 4.44. The first-order valence-corrected chi connectivity index (χ1v) is 9.64. The van der Waals surface area contributed by atoms with Crippen molar-refractivity contribution < 1.29 is 14.2 Å². The zero-order valence-electron chi connectivity index (χ0n) is 11.2. The fourth-order valence-electron chi connectivity index (χ4n) is 2.08. The fraction of sp³-hybridized carbons (Fsp3) is 0.750. The van der Waals surface area contributed by atoms with Gasteiger partial charge in [-0.05, 0) is 0 Å². The third kappa shape index (κ3) is 7.57. The van der Waals surface area contributed by atoms with E-state index in [1.165, 1.54) is 17.3 Å². The molecule has 1 unspecified atom stereocenters. The molecule has 1 heterocycles. The Morgan fingerprint density at radius 3 is 3.05 bits per heavy atom. The molecule has 1 fully saturated rings. The van der Waals surface area contributed by atoms with Gasteiger partial charge in [0.05, 0.1) is 0 Å². The molecule has 3 atom stereocenters. The van der Waals surface area contributed by atoms with Crippen LogP contribution in [0.2, 0.25) is 0 Å². The number of carbonyl (C=O) groups is 1. The number of ether oxygens (including phenoxy) is 1. The molecule has 3 nitrogen and oxygen atoms in total. The van der Waals surface area contributed by atoms with Crippen molar-refractivity contribution in [1.29, 1.82) is 0 Å². The van der Waals surface area contributed by atoms with Crippen LogP contribution in [0.4, 0.5) is 0 Å². The molecule has 0 bridgehead atoms. The standard InChI is InChI=1S/C12H20BO3PS2/c1-3-19-12(14)8-11-7-9(2)6-10(16-11)4-5-15-13-17-18/h10-11,17H,2-8H2,1H3/t10-,11+/m0/s1. The van der Waals surface area contributed by atoms with Gasteiger partial charge in [-0.2, -0.15) is 0 Å². The molecule has 19 heavy (non-hydrogen) atoms. The molecular formula is C12H20BO3PS2. The third-order valence-electron chi connectivity index (χ3n) is 2.81. The van der Waals surface area contributed by atoms with Crippen molar-refractivity contribution in [2.45, 2.75) is 44.8 Å². The maximum atomic E-state index is 11.6. The zero-order chi connectivity index (χ0) is 14.1. The van der Waals surface area contributed by atoms with Gasteiger partial charge in [0.1, 0.15) is 0 Å². The summed E-state index contributed by atoms with van der Waals surface area (Å²) >= 11 is 6.16. The molecule has 0 aliphatic carbocycles. The van der Waals surface area contributed by atoms with Crippen LogP contribution in [0.1, 0.15) is 32.6 Å². The van der Waals surface area contributed by atoms with Crippen molar-refractivity contribution in [2.24, 2.45) is 0 Å². The van der Waals surface area contributed by atoms with E-state index in [1.807, 2.05) is 6.92 Å². The van der Waals surface area contributed by atoms with E-state index in [4.69, 9.17) is 21.2 Å². The first kappa shape index (κ1) is 17.3. The average Bonchev–Trinajstić information content (AvgIpc) is 2.34. The Hall–Kier alpha value is 0.265. The Morgan fingerprint density at radius 1 is 1.63 bits per heavy atom. The SMILES string of the molecule is C=C1C[C@H](CC(=O)SCC)O[C@@H](CCOB=[PH]=S)C1. The number of carbonyl (C=O) groups excluding carboxylic acids is 1. The monoisotopic (exact) mass is 318 g/mol. The summed E-state index contributed by atoms with van der Waals surface area (Å²) in [7, 11) is 0. The normalized spacial score (nSPS) is 23.3. The summed E-state index contributed by atoms with van der Waals surface area (Å²) in [4.78, 5) is 11.6. The number of hydrogen-bond acceptors (Lipinski definition) is 5. The summed E-state index contributed by atoms with van der Waals surface area (Å²) in [5.74, 6) is 0.821. The Balaban J connectivity index is 2.37. The van der Waals surface area contributed by atoms with Crippen LogP contribution >= 0.6 is 18.6 Å². The minimum absolute atomic E-state index is 0.0115. The van der Waals surface area contributed by atoms with Crippen LogP contribution in [-0.4, -0.2) is 36.5 Å². The van der Waals surface area contributed by atoms with E-state index in [1.54, 1.807) is 6.82 Å². The van der Waals surface area contributed by atoms with E-state index in [0.29, 0.717) is 19.9 Å². The van der Waals surface area contributed by atoms with E-state index in [0.717, 1.165) is 25.0 Å². The van der Waals surface area contributed by atoms with Crippen LogP contribution in [0.25, 0.3) is 0 Å². The van der Waals surface area contributed by atoms with Gasteiger partial charge in [-0.1, -0.05) is 0 Å². The van der Waals surface area contributed by atoms with Gasteiger partial charge in [-0.15, -0.1) is 0 Å². The number of hydrogen-bond donors (Lipinski definition) is 0. The van der Waals surface area contributed by atoms with Gasteiger partial charge in [-0.3, -0.25) is 0 Å². The first-order valence-electron chi connectivity index (χ1n) is 6.44. The Kier molecular flexibility index (Phi) is 9.17. The van der Waals surface area contributed by atoms with Gasteiger partial charge in [0.2, 0.25) is 0 Å². The fourth-order valence-corrected chi connectivity index (χ4v) is 3.10. The minimum atomic E-state index is -0.0115. The van der Waals surface area contributed by atoms with Crippen molar-refractivity contribution in [2.75, 3.05) is 12.4 Å². The van der Waals surface area contributed by atoms with E-state index in [-0.39, 0.29) is 17.3 Å². The molecule has 7 heteroatoms. The molecule has 1 rings (SSSR count). The number of thioether (sulfide) groups is 1. The summed E-state index contributed by atoms with van der Waals surface area (Å²) in [6.07, 6.45) is 3.07. The average molecular weight is 318 g/mol. The van der Waals surface area contributed by atoms with E-state index in [2.05, 4.69) is 6.58 Å². The van der Waals surface area contributed by atoms with Gasteiger partial charge in [0, 0.05) is 0 Å². The summed E-state index contributed by atoms with van der Waals surface area (Å²) in [5.41, 5.74) is 1.17. The van der Waals surface area contributed by atoms with E-state index >= 15 is 0 Å². The molecule has 0 aromatic carbocycles. The van der Waals surface area contributed by atoms with E-state index in [9.17, 15) is 4.79 Å². The van der Waals surface area contributed by atoms with Crippen molar-refractivity contribution in [1.82, 2.24) is 0 Å². The summed E-state index contributed by atoms with van der Waals surface area (Å²) in [6.45, 7) is 8.61. The molecule has 106 valence electrons. The van der Waals surface area contributed by atoms with Crippen molar-refractivity contribution >= 4 is 42.4 Å². The summed E-state index contributed by atoms with van der Waals surface area (Å²) < 4.78 is 11.2. The molecule has 0 N–H and O–H groups in total. The van der Waals surface area contributed by atoms with Crippen molar-refractivity contribution in [3.8, 4) is 0 Å². The van der Waals surface area contributed by atoms with Gasteiger partial charge < -0.3 is 0 Å². The van der Waals surface area contributed by atoms with Crippen LogP contribution in [-0.2, 0) is 26.0 Å². The van der Waals surface area contributed by atoms with Gasteiger partial charge in [-0.25, -0.2) is 0 Å². The van der Waals surface area contributed by atoms with Gasteiger partial charge in [0.25, 0.3) is 0 Å². The number of rotatable bonds is 7. The second-order valence-corrected chi connectivity index (χ2v) is 6.94. The predicted octanol–water partition coefficient (Wildman–Crippen LogP) is 2.84. The van der Waals surface area contributed by atoms with E-state index < -0.39 is 0 Å². The second kappa shape index (κ2) is 10.1. The van der Waals surface area contributed by atoms with Crippen LogP contribution in [0, 0.1) is 0 Å². The third-order valence-corrected chi connectivity index (χ3v) is 4.14. The quantitative estimate of drug-likeness (QED) is 0.312. The summed E-state index contributed by atoms with van der Waals surface area (Å²) in [6, 6.07) is 0. The Labute approximate surface area is 126 Å². The molecule has 1 aliphatic rings. The Morgan fingerprint density at radius 2 is 2.37 bits per heavy atom. The maximum absolute atomic E-state index is 11.6. The molecule has 0 aromatic heterocycles. The molecule has 1 saturated heterocycles. The zero-order valence-corrected chi connectivity index (χ0v) is 13.9. The molecule has 1 aliphatic heterocycles. The van der Waals surface area contributed by atoms with Gasteiger partial charge >= 0.3 is 126 Å².